The number of nitrogens with two attached hydrogens (primary N) is 1. The van der Waals surface area contributed by atoms with Gasteiger partial charge in [-0.15, -0.1) is 0 Å². The Morgan fingerprint density at radius 1 is 1.38 bits per heavy atom. The molecule has 0 fully saturated rings. The zero-order valence-corrected chi connectivity index (χ0v) is 11.3. The van der Waals surface area contributed by atoms with E-state index in [1.165, 1.54) is 25.7 Å². The van der Waals surface area contributed by atoms with E-state index < -0.39 is 0 Å². The molecule has 3 N–H and O–H groups in total. The molecule has 0 spiro atoms. The first kappa shape index (κ1) is 15.4. The minimum atomic E-state index is -0.0526. The lowest BCUT2D eigenvalue weighted by molar-refractivity contribution is -0.121. The molecule has 0 radical (unpaired) electrons. The molecule has 0 aromatic rings. The average molecular weight is 228 g/mol. The molecule has 0 aliphatic carbocycles. The second-order valence-corrected chi connectivity index (χ2v) is 5.58. The Morgan fingerprint density at radius 3 is 2.50 bits per heavy atom. The molecule has 3 heteroatoms. The first-order valence-electron chi connectivity index (χ1n) is 6.39. The quantitative estimate of drug-likeness (QED) is 0.627. The highest BCUT2D eigenvalue weighted by molar-refractivity contribution is 5.76. The molecular formula is C13H28N2O. The number of carbonyl (C=O) groups excluding carboxylic acids is 1. The Hall–Kier alpha value is -0.570. The Labute approximate surface area is 100 Å². The van der Waals surface area contributed by atoms with Crippen molar-refractivity contribution in [3.05, 3.63) is 0 Å². The number of hydrogen-bond acceptors (Lipinski definition) is 2. The van der Waals surface area contributed by atoms with Crippen molar-refractivity contribution in [3.63, 3.8) is 0 Å². The van der Waals surface area contributed by atoms with Gasteiger partial charge in [-0.1, -0.05) is 40.0 Å². The lowest BCUT2D eigenvalue weighted by Crippen LogP contribution is -2.36. The Bertz CT molecular complexity index is 200. The van der Waals surface area contributed by atoms with Crippen LogP contribution >= 0.6 is 0 Å². The molecule has 0 saturated carbocycles. The molecule has 3 nitrogen and oxygen atoms in total. The number of amides is 1. The van der Waals surface area contributed by atoms with E-state index in [1.807, 2.05) is 6.92 Å². The van der Waals surface area contributed by atoms with E-state index in [4.69, 9.17) is 5.73 Å². The summed E-state index contributed by atoms with van der Waals surface area (Å²) in [4.78, 5) is 11.4. The molecule has 0 aliphatic heterocycles. The third-order valence-corrected chi connectivity index (χ3v) is 2.73. The van der Waals surface area contributed by atoms with Crippen LogP contribution in [0, 0.1) is 5.41 Å². The summed E-state index contributed by atoms with van der Waals surface area (Å²) < 4.78 is 0. The van der Waals surface area contributed by atoms with E-state index in [-0.39, 0.29) is 17.4 Å². The second-order valence-electron chi connectivity index (χ2n) is 5.58. The van der Waals surface area contributed by atoms with E-state index in [0.29, 0.717) is 6.42 Å². The summed E-state index contributed by atoms with van der Waals surface area (Å²) in [5.74, 6) is 0.0681. The third kappa shape index (κ3) is 8.72. The van der Waals surface area contributed by atoms with E-state index in [9.17, 15) is 4.79 Å². The van der Waals surface area contributed by atoms with Crippen LogP contribution in [0.25, 0.3) is 0 Å². The molecule has 96 valence electrons. The van der Waals surface area contributed by atoms with Gasteiger partial charge < -0.3 is 11.1 Å². The van der Waals surface area contributed by atoms with Gasteiger partial charge in [-0.2, -0.15) is 0 Å². The van der Waals surface area contributed by atoms with Crippen molar-refractivity contribution in [3.8, 4) is 0 Å². The van der Waals surface area contributed by atoms with Gasteiger partial charge >= 0.3 is 0 Å². The highest BCUT2D eigenvalue weighted by Gasteiger charge is 2.18. The molecule has 1 amide bonds. The van der Waals surface area contributed by atoms with Crippen molar-refractivity contribution in [2.45, 2.75) is 65.8 Å². The number of unbranched alkanes of at least 4 members (excludes halogenated alkanes) is 2. The zero-order valence-electron chi connectivity index (χ0n) is 11.3. The summed E-state index contributed by atoms with van der Waals surface area (Å²) in [5.41, 5.74) is 5.77. The number of hydrogen-bond donors (Lipinski definition) is 2. The number of rotatable bonds is 8. The Balaban J connectivity index is 3.75. The van der Waals surface area contributed by atoms with Gasteiger partial charge in [-0.05, 0) is 18.8 Å². The van der Waals surface area contributed by atoms with Gasteiger partial charge in [0.05, 0.1) is 0 Å². The molecule has 0 aliphatic rings. The van der Waals surface area contributed by atoms with Gasteiger partial charge in [0, 0.05) is 19.0 Å². The van der Waals surface area contributed by atoms with Crippen molar-refractivity contribution in [1.82, 2.24) is 5.32 Å². The Kier molecular flexibility index (Phi) is 7.39. The normalized spacial score (nSPS) is 13.6. The lowest BCUT2D eigenvalue weighted by atomic mass is 9.87. The van der Waals surface area contributed by atoms with Crippen molar-refractivity contribution in [2.24, 2.45) is 11.1 Å². The van der Waals surface area contributed by atoms with Crippen LogP contribution in [-0.2, 0) is 4.79 Å². The molecule has 0 aromatic heterocycles. The van der Waals surface area contributed by atoms with Crippen LogP contribution in [0.3, 0.4) is 0 Å². The fraction of sp³-hybridized carbons (Fsp3) is 0.923. The predicted octanol–water partition coefficient (Wildman–Crippen LogP) is 2.45. The Morgan fingerprint density at radius 2 is 2.00 bits per heavy atom. The molecule has 1 atom stereocenters. The first-order chi connectivity index (χ1) is 7.37. The standard InChI is InChI=1S/C13H28N2O/c1-5-6-7-8-13(3,4)10-15-12(16)9-11(2)14/h11H,5-10,14H2,1-4H3,(H,15,16). The molecule has 0 saturated heterocycles. The smallest absolute Gasteiger partial charge is 0.221 e. The molecule has 0 aromatic carbocycles. The van der Waals surface area contributed by atoms with Gasteiger partial charge in [-0.25, -0.2) is 0 Å². The van der Waals surface area contributed by atoms with Gasteiger partial charge in [0.2, 0.25) is 5.91 Å². The minimum absolute atomic E-state index is 0.0526. The van der Waals surface area contributed by atoms with E-state index >= 15 is 0 Å². The van der Waals surface area contributed by atoms with Gasteiger partial charge in [0.15, 0.2) is 0 Å². The molecule has 0 rings (SSSR count). The zero-order chi connectivity index (χ0) is 12.6. The fourth-order valence-electron chi connectivity index (χ4n) is 1.64. The van der Waals surface area contributed by atoms with Crippen LogP contribution < -0.4 is 11.1 Å². The lowest BCUT2D eigenvalue weighted by Gasteiger charge is -2.25. The van der Waals surface area contributed by atoms with Crippen molar-refractivity contribution in [1.29, 1.82) is 0 Å². The van der Waals surface area contributed by atoms with E-state index in [0.717, 1.165) is 6.54 Å². The molecular weight excluding hydrogens is 200 g/mol. The van der Waals surface area contributed by atoms with Gasteiger partial charge in [-0.3, -0.25) is 4.79 Å². The van der Waals surface area contributed by atoms with Crippen LogP contribution in [0.5, 0.6) is 0 Å². The average Bonchev–Trinajstić information content (AvgIpc) is 2.14. The summed E-state index contributed by atoms with van der Waals surface area (Å²) in [6.07, 6.45) is 5.35. The monoisotopic (exact) mass is 228 g/mol. The second kappa shape index (κ2) is 7.66. The summed E-state index contributed by atoms with van der Waals surface area (Å²) in [6.45, 7) is 9.22. The van der Waals surface area contributed by atoms with Gasteiger partial charge in [0.1, 0.15) is 0 Å². The fourth-order valence-corrected chi connectivity index (χ4v) is 1.64. The molecule has 16 heavy (non-hydrogen) atoms. The van der Waals surface area contributed by atoms with Crippen LogP contribution in [0.1, 0.15) is 59.8 Å². The summed E-state index contributed by atoms with van der Waals surface area (Å²) in [5, 5.41) is 2.96. The van der Waals surface area contributed by atoms with Crippen molar-refractivity contribution >= 4 is 5.91 Å². The largest absolute Gasteiger partial charge is 0.356 e. The highest BCUT2D eigenvalue weighted by Crippen LogP contribution is 2.22. The number of nitrogens with one attached hydrogen (secondary N) is 1. The maximum Gasteiger partial charge on any atom is 0.221 e. The van der Waals surface area contributed by atoms with Crippen LogP contribution in [0.2, 0.25) is 0 Å². The van der Waals surface area contributed by atoms with Crippen LogP contribution in [0.4, 0.5) is 0 Å². The summed E-state index contributed by atoms with van der Waals surface area (Å²) in [7, 11) is 0. The molecule has 0 bridgehead atoms. The van der Waals surface area contributed by atoms with Crippen LogP contribution in [0.15, 0.2) is 0 Å². The highest BCUT2D eigenvalue weighted by atomic mass is 16.1. The molecule has 0 heterocycles. The topological polar surface area (TPSA) is 55.1 Å². The van der Waals surface area contributed by atoms with E-state index in [1.54, 1.807) is 0 Å². The number of carbonyl (C=O) groups is 1. The van der Waals surface area contributed by atoms with Gasteiger partial charge in [0.25, 0.3) is 0 Å². The third-order valence-electron chi connectivity index (χ3n) is 2.73. The van der Waals surface area contributed by atoms with Crippen molar-refractivity contribution < 1.29 is 4.79 Å². The SMILES string of the molecule is CCCCCC(C)(C)CNC(=O)CC(C)N. The van der Waals surface area contributed by atoms with Crippen LogP contribution in [-0.4, -0.2) is 18.5 Å². The summed E-state index contributed by atoms with van der Waals surface area (Å²) >= 11 is 0. The predicted molar refractivity (Wildman–Crippen MR) is 69.2 cm³/mol. The summed E-state index contributed by atoms with van der Waals surface area (Å²) in [6, 6.07) is -0.0526. The maximum absolute atomic E-state index is 11.4. The maximum atomic E-state index is 11.4. The first-order valence-corrected chi connectivity index (χ1v) is 6.39. The molecule has 1 unspecified atom stereocenters. The minimum Gasteiger partial charge on any atom is -0.356 e. The van der Waals surface area contributed by atoms with E-state index in [2.05, 4.69) is 26.1 Å². The van der Waals surface area contributed by atoms with Crippen molar-refractivity contribution in [2.75, 3.05) is 6.54 Å².